The average Bonchev–Trinajstić information content (AvgIpc) is 2.43. The molecule has 0 aliphatic carbocycles. The largest absolute Gasteiger partial charge is 0.371 e. The van der Waals surface area contributed by atoms with E-state index >= 15 is 0 Å². The van der Waals surface area contributed by atoms with Gasteiger partial charge in [-0.2, -0.15) is 0 Å². The monoisotopic (exact) mass is 292 g/mol. The highest BCUT2D eigenvalue weighted by Gasteiger charge is 2.22. The second-order valence-corrected chi connectivity index (χ2v) is 4.97. The molecule has 112 valence electrons. The van der Waals surface area contributed by atoms with Crippen LogP contribution < -0.4 is 10.6 Å². The first-order valence-electron chi connectivity index (χ1n) is 6.43. The van der Waals surface area contributed by atoms with Gasteiger partial charge in [0.25, 0.3) is 5.69 Å². The molecule has 1 aromatic rings. The minimum atomic E-state index is -0.538. The van der Waals surface area contributed by atoms with Gasteiger partial charge in [0.15, 0.2) is 0 Å². The van der Waals surface area contributed by atoms with Crippen LogP contribution in [0.3, 0.4) is 0 Å². The molecular formula is C13H16N4O4. The summed E-state index contributed by atoms with van der Waals surface area (Å²) in [6.07, 6.45) is 0.871. The number of nitrogens with one attached hydrogen (secondary N) is 2. The molecular weight excluding hydrogens is 276 g/mol. The molecule has 21 heavy (non-hydrogen) atoms. The van der Waals surface area contributed by atoms with Crippen LogP contribution in [0.1, 0.15) is 12.0 Å². The topological polar surface area (TPSA) is 105 Å². The molecule has 0 spiro atoms. The van der Waals surface area contributed by atoms with Gasteiger partial charge in [-0.25, -0.2) is 0 Å². The Labute approximate surface area is 121 Å². The SMILES string of the molecule is CN(C)C(=O)CNc1cc2c(cc1[N+](=O)[O-])NC(=O)CC2. The molecule has 2 rings (SSSR count). The summed E-state index contributed by atoms with van der Waals surface area (Å²) in [5.41, 5.74) is 1.40. The maximum atomic E-state index is 11.6. The molecule has 0 radical (unpaired) electrons. The number of hydrogen-bond donors (Lipinski definition) is 2. The molecule has 1 heterocycles. The van der Waals surface area contributed by atoms with E-state index < -0.39 is 4.92 Å². The molecule has 8 nitrogen and oxygen atoms in total. The molecule has 0 atom stereocenters. The number of carbonyl (C=O) groups excluding carboxylic acids is 2. The lowest BCUT2D eigenvalue weighted by molar-refractivity contribution is -0.383. The fourth-order valence-electron chi connectivity index (χ4n) is 2.04. The van der Waals surface area contributed by atoms with Gasteiger partial charge in [0.1, 0.15) is 5.69 Å². The summed E-state index contributed by atoms with van der Waals surface area (Å²) >= 11 is 0. The van der Waals surface area contributed by atoms with Gasteiger partial charge in [0, 0.05) is 26.6 Å². The number of amides is 2. The zero-order valence-electron chi connectivity index (χ0n) is 11.8. The third-order valence-electron chi connectivity index (χ3n) is 3.24. The first-order chi connectivity index (χ1) is 9.88. The van der Waals surface area contributed by atoms with Crippen molar-refractivity contribution < 1.29 is 14.5 Å². The first kappa shape index (κ1) is 14.8. The van der Waals surface area contributed by atoms with Crippen LogP contribution in [0.4, 0.5) is 17.1 Å². The van der Waals surface area contributed by atoms with Crippen molar-refractivity contribution >= 4 is 28.9 Å². The zero-order valence-corrected chi connectivity index (χ0v) is 11.8. The fraction of sp³-hybridized carbons (Fsp3) is 0.385. The second-order valence-electron chi connectivity index (χ2n) is 4.97. The summed E-state index contributed by atoms with van der Waals surface area (Å²) in [7, 11) is 3.22. The third kappa shape index (κ3) is 3.28. The molecule has 0 unspecified atom stereocenters. The Morgan fingerprint density at radius 1 is 1.43 bits per heavy atom. The Bertz CT molecular complexity index is 612. The van der Waals surface area contributed by atoms with Gasteiger partial charge in [0.2, 0.25) is 11.8 Å². The van der Waals surface area contributed by atoms with Gasteiger partial charge < -0.3 is 15.5 Å². The highest BCUT2D eigenvalue weighted by atomic mass is 16.6. The van der Waals surface area contributed by atoms with E-state index in [0.29, 0.717) is 18.5 Å². The fourth-order valence-corrected chi connectivity index (χ4v) is 2.04. The van der Waals surface area contributed by atoms with Crippen molar-refractivity contribution in [1.29, 1.82) is 0 Å². The summed E-state index contributed by atoms with van der Waals surface area (Å²) in [5.74, 6) is -0.337. The number of nitrogens with zero attached hydrogens (tertiary/aromatic N) is 2. The van der Waals surface area contributed by atoms with E-state index in [1.165, 1.54) is 11.0 Å². The Morgan fingerprint density at radius 2 is 2.14 bits per heavy atom. The number of rotatable bonds is 4. The van der Waals surface area contributed by atoms with E-state index in [1.807, 2.05) is 0 Å². The van der Waals surface area contributed by atoms with Gasteiger partial charge in [-0.1, -0.05) is 0 Å². The third-order valence-corrected chi connectivity index (χ3v) is 3.24. The highest BCUT2D eigenvalue weighted by molar-refractivity contribution is 5.95. The van der Waals surface area contributed by atoms with Crippen molar-refractivity contribution in [2.45, 2.75) is 12.8 Å². The molecule has 1 aliphatic heterocycles. The maximum absolute atomic E-state index is 11.6. The van der Waals surface area contributed by atoms with Crippen molar-refractivity contribution in [2.24, 2.45) is 0 Å². The minimum Gasteiger partial charge on any atom is -0.371 e. The minimum absolute atomic E-state index is 0.0288. The zero-order chi connectivity index (χ0) is 15.6. The smallest absolute Gasteiger partial charge is 0.294 e. The number of carbonyl (C=O) groups is 2. The summed E-state index contributed by atoms with van der Waals surface area (Å²) in [6, 6.07) is 2.95. The van der Waals surface area contributed by atoms with Crippen LogP contribution in [-0.2, 0) is 16.0 Å². The van der Waals surface area contributed by atoms with Gasteiger partial charge in [-0.15, -0.1) is 0 Å². The van der Waals surface area contributed by atoms with Crippen LogP contribution in [0.25, 0.3) is 0 Å². The van der Waals surface area contributed by atoms with Gasteiger partial charge >= 0.3 is 0 Å². The van der Waals surface area contributed by atoms with E-state index in [2.05, 4.69) is 10.6 Å². The number of hydrogen-bond acceptors (Lipinski definition) is 5. The molecule has 0 saturated carbocycles. The quantitative estimate of drug-likeness (QED) is 0.636. The first-order valence-corrected chi connectivity index (χ1v) is 6.43. The summed E-state index contributed by atoms with van der Waals surface area (Å²) in [6.45, 7) is -0.0288. The number of benzene rings is 1. The Hall–Kier alpha value is -2.64. The second kappa shape index (κ2) is 5.78. The Balaban J connectivity index is 2.29. The molecule has 0 fully saturated rings. The lowest BCUT2D eigenvalue weighted by Gasteiger charge is -2.18. The van der Waals surface area contributed by atoms with Crippen molar-refractivity contribution in [3.8, 4) is 0 Å². The van der Waals surface area contributed by atoms with E-state index in [-0.39, 0.29) is 29.7 Å². The van der Waals surface area contributed by atoms with Crippen LogP contribution in [0.2, 0.25) is 0 Å². The van der Waals surface area contributed by atoms with E-state index in [0.717, 1.165) is 5.56 Å². The van der Waals surface area contributed by atoms with Gasteiger partial charge in [-0.3, -0.25) is 19.7 Å². The van der Waals surface area contributed by atoms with Crippen molar-refractivity contribution in [3.63, 3.8) is 0 Å². The number of anilines is 2. The highest BCUT2D eigenvalue weighted by Crippen LogP contribution is 2.33. The molecule has 1 aliphatic rings. The predicted molar refractivity (Wildman–Crippen MR) is 77.2 cm³/mol. The number of fused-ring (bicyclic) bond motifs is 1. The molecule has 2 amide bonds. The molecule has 0 saturated heterocycles. The molecule has 0 aromatic heterocycles. The Kier molecular flexibility index (Phi) is 4.06. The summed E-state index contributed by atoms with van der Waals surface area (Å²) < 4.78 is 0. The van der Waals surface area contributed by atoms with Crippen molar-refractivity contribution in [2.75, 3.05) is 31.3 Å². The molecule has 2 N–H and O–H groups in total. The van der Waals surface area contributed by atoms with Crippen LogP contribution >= 0.6 is 0 Å². The molecule has 0 bridgehead atoms. The van der Waals surface area contributed by atoms with Crippen LogP contribution in [0.5, 0.6) is 0 Å². The molecule has 8 heteroatoms. The lowest BCUT2D eigenvalue weighted by Crippen LogP contribution is -2.29. The van der Waals surface area contributed by atoms with E-state index in [4.69, 9.17) is 0 Å². The average molecular weight is 292 g/mol. The van der Waals surface area contributed by atoms with E-state index in [9.17, 15) is 19.7 Å². The van der Waals surface area contributed by atoms with Gasteiger partial charge in [0.05, 0.1) is 17.2 Å². The number of likely N-dealkylation sites (N-methyl/N-ethyl adjacent to an activating group) is 1. The van der Waals surface area contributed by atoms with Crippen molar-refractivity contribution in [3.05, 3.63) is 27.8 Å². The van der Waals surface area contributed by atoms with Gasteiger partial charge in [-0.05, 0) is 18.1 Å². The van der Waals surface area contributed by atoms with Crippen molar-refractivity contribution in [1.82, 2.24) is 4.90 Å². The number of nitro benzene ring substituents is 1. The lowest BCUT2D eigenvalue weighted by atomic mass is 10.0. The molecule has 1 aromatic carbocycles. The van der Waals surface area contributed by atoms with E-state index in [1.54, 1.807) is 20.2 Å². The standard InChI is InChI=1S/C13H16N4O4/c1-16(2)13(19)7-14-10-5-8-3-4-12(18)15-9(8)6-11(10)17(20)21/h5-6,14H,3-4,7H2,1-2H3,(H,15,18). The Morgan fingerprint density at radius 3 is 2.76 bits per heavy atom. The predicted octanol–water partition coefficient (Wildman–Crippen LogP) is 0.980. The number of nitro groups is 1. The van der Waals surface area contributed by atoms with Crippen LogP contribution in [0, 0.1) is 10.1 Å². The van der Waals surface area contributed by atoms with Crippen LogP contribution in [0.15, 0.2) is 12.1 Å². The van der Waals surface area contributed by atoms with Crippen LogP contribution in [-0.4, -0.2) is 42.3 Å². The maximum Gasteiger partial charge on any atom is 0.294 e. The summed E-state index contributed by atoms with van der Waals surface area (Å²) in [4.78, 5) is 34.9. The summed E-state index contributed by atoms with van der Waals surface area (Å²) in [5, 5.41) is 16.5. The normalized spacial score (nSPS) is 13.1. The number of aryl methyl sites for hydroxylation is 1.